The van der Waals surface area contributed by atoms with E-state index in [4.69, 9.17) is 23.2 Å². The molecule has 0 aliphatic heterocycles. The molecule has 1 aromatic carbocycles. The number of carbonyl (C=O) groups is 1. The van der Waals surface area contributed by atoms with Crippen LogP contribution in [0.2, 0.25) is 5.02 Å². The van der Waals surface area contributed by atoms with Gasteiger partial charge in [-0.1, -0.05) is 30.7 Å². The van der Waals surface area contributed by atoms with Crippen molar-refractivity contribution in [3.63, 3.8) is 0 Å². The van der Waals surface area contributed by atoms with Crippen molar-refractivity contribution in [1.82, 2.24) is 0 Å². The quantitative estimate of drug-likeness (QED) is 0.674. The summed E-state index contributed by atoms with van der Waals surface area (Å²) in [6.07, 6.45) is 0. The monoisotopic (exact) mass is 202 g/mol. The second-order valence-electron chi connectivity index (χ2n) is 2.58. The van der Waals surface area contributed by atoms with Crippen LogP contribution in [0, 0.1) is 0 Å². The van der Waals surface area contributed by atoms with Gasteiger partial charge in [-0.05, 0) is 29.3 Å². The Labute approximate surface area is 81.3 Å². The van der Waals surface area contributed by atoms with Gasteiger partial charge in [0.1, 0.15) is 0 Å². The van der Waals surface area contributed by atoms with Crippen molar-refractivity contribution in [2.45, 2.75) is 12.8 Å². The minimum atomic E-state index is -0.350. The Kier molecular flexibility index (Phi) is 3.12. The average molecular weight is 203 g/mol. The van der Waals surface area contributed by atoms with Crippen LogP contribution in [0.4, 0.5) is 0 Å². The van der Waals surface area contributed by atoms with E-state index in [-0.39, 0.29) is 11.2 Å². The van der Waals surface area contributed by atoms with Crippen LogP contribution in [0.1, 0.15) is 18.4 Å². The van der Waals surface area contributed by atoms with E-state index in [2.05, 4.69) is 0 Å². The molecule has 0 saturated carbocycles. The summed E-state index contributed by atoms with van der Waals surface area (Å²) in [5, 5.41) is 0.310. The highest BCUT2D eigenvalue weighted by molar-refractivity contribution is 6.64. The lowest BCUT2D eigenvalue weighted by atomic mass is 10.0. The van der Waals surface area contributed by atoms with Crippen LogP contribution in [0.3, 0.4) is 0 Å². The van der Waals surface area contributed by atoms with Crippen LogP contribution in [-0.2, 0) is 4.79 Å². The van der Waals surface area contributed by atoms with Crippen molar-refractivity contribution in [3.05, 3.63) is 34.9 Å². The zero-order valence-corrected chi connectivity index (χ0v) is 8.06. The highest BCUT2D eigenvalue weighted by atomic mass is 35.5. The van der Waals surface area contributed by atoms with Gasteiger partial charge in [-0.3, -0.25) is 4.79 Å². The van der Waals surface area contributed by atoms with Gasteiger partial charge in [0, 0.05) is 5.02 Å². The van der Waals surface area contributed by atoms with Gasteiger partial charge in [0.2, 0.25) is 5.24 Å². The number of hydrogen-bond donors (Lipinski definition) is 0. The van der Waals surface area contributed by atoms with Crippen LogP contribution in [0.15, 0.2) is 24.3 Å². The molecule has 0 aromatic heterocycles. The summed E-state index contributed by atoms with van der Waals surface area (Å²) in [7, 11) is 0. The number of carbonyl (C=O) groups excluding carboxylic acids is 1. The molecule has 0 fully saturated rings. The third kappa shape index (κ3) is 2.23. The van der Waals surface area contributed by atoms with E-state index >= 15 is 0 Å². The van der Waals surface area contributed by atoms with Crippen molar-refractivity contribution in [1.29, 1.82) is 0 Å². The Morgan fingerprint density at radius 3 is 2.25 bits per heavy atom. The third-order valence-corrected chi connectivity index (χ3v) is 2.29. The molecular weight excluding hydrogens is 195 g/mol. The van der Waals surface area contributed by atoms with E-state index < -0.39 is 0 Å². The van der Waals surface area contributed by atoms with E-state index in [1.54, 1.807) is 31.2 Å². The first-order chi connectivity index (χ1) is 5.61. The molecule has 0 radical (unpaired) electrons. The fraction of sp³-hybridized carbons (Fsp3) is 0.222. The van der Waals surface area contributed by atoms with E-state index in [0.717, 1.165) is 5.56 Å². The first kappa shape index (κ1) is 9.56. The second kappa shape index (κ2) is 3.92. The van der Waals surface area contributed by atoms with E-state index in [1.807, 2.05) is 0 Å². The van der Waals surface area contributed by atoms with Crippen molar-refractivity contribution in [3.8, 4) is 0 Å². The van der Waals surface area contributed by atoms with Gasteiger partial charge < -0.3 is 0 Å². The fourth-order valence-electron chi connectivity index (χ4n) is 0.882. The molecule has 0 heterocycles. The van der Waals surface area contributed by atoms with Gasteiger partial charge in [-0.2, -0.15) is 0 Å². The van der Waals surface area contributed by atoms with Gasteiger partial charge >= 0.3 is 0 Å². The minimum absolute atomic E-state index is 0.260. The van der Waals surface area contributed by atoms with Crippen molar-refractivity contribution >= 4 is 28.4 Å². The molecule has 64 valence electrons. The van der Waals surface area contributed by atoms with Gasteiger partial charge in [0.25, 0.3) is 0 Å². The fourth-order valence-corrected chi connectivity index (χ4v) is 1.13. The van der Waals surface area contributed by atoms with Crippen molar-refractivity contribution in [2.24, 2.45) is 0 Å². The normalized spacial score (nSPS) is 12.6. The van der Waals surface area contributed by atoms with Crippen LogP contribution in [0.5, 0.6) is 0 Å². The summed E-state index contributed by atoms with van der Waals surface area (Å²) in [4.78, 5) is 10.8. The zero-order valence-electron chi connectivity index (χ0n) is 6.55. The van der Waals surface area contributed by atoms with Gasteiger partial charge in [0.05, 0.1) is 5.92 Å². The molecule has 0 saturated heterocycles. The van der Waals surface area contributed by atoms with Crippen LogP contribution in [0.25, 0.3) is 0 Å². The summed E-state index contributed by atoms with van der Waals surface area (Å²) >= 11 is 11.0. The molecule has 1 nitrogen and oxygen atoms in total. The Hall–Kier alpha value is -0.530. The first-order valence-corrected chi connectivity index (χ1v) is 4.31. The van der Waals surface area contributed by atoms with Crippen molar-refractivity contribution in [2.75, 3.05) is 0 Å². The Morgan fingerprint density at radius 1 is 1.33 bits per heavy atom. The SMILES string of the molecule is C[C@@H](C(=O)Cl)c1ccc(Cl)cc1. The van der Waals surface area contributed by atoms with Crippen LogP contribution in [-0.4, -0.2) is 5.24 Å². The van der Waals surface area contributed by atoms with Crippen molar-refractivity contribution < 1.29 is 4.79 Å². The highest BCUT2D eigenvalue weighted by Gasteiger charge is 2.11. The molecule has 0 aliphatic carbocycles. The minimum Gasteiger partial charge on any atom is -0.281 e. The summed E-state index contributed by atoms with van der Waals surface area (Å²) < 4.78 is 0. The number of hydrogen-bond acceptors (Lipinski definition) is 1. The second-order valence-corrected chi connectivity index (χ2v) is 3.39. The third-order valence-electron chi connectivity index (χ3n) is 1.71. The maximum Gasteiger partial charge on any atom is 0.228 e. The summed E-state index contributed by atoms with van der Waals surface area (Å²) in [5.41, 5.74) is 0.888. The molecular formula is C9H8Cl2O. The molecule has 1 rings (SSSR count). The Bertz CT molecular complexity index is 279. The predicted octanol–water partition coefficient (Wildman–Crippen LogP) is 3.21. The Morgan fingerprint density at radius 2 is 1.83 bits per heavy atom. The molecule has 0 N–H and O–H groups in total. The standard InChI is InChI=1S/C9H8Cl2O/c1-6(9(11)12)7-2-4-8(10)5-3-7/h2-6H,1H3/t6-/m1/s1. The molecule has 0 amide bonds. The molecule has 1 aromatic rings. The maximum absolute atomic E-state index is 10.8. The lowest BCUT2D eigenvalue weighted by molar-refractivity contribution is -0.112. The lowest BCUT2D eigenvalue weighted by Crippen LogP contribution is -2.00. The number of rotatable bonds is 2. The molecule has 1 atom stereocenters. The predicted molar refractivity (Wildman–Crippen MR) is 50.7 cm³/mol. The van der Waals surface area contributed by atoms with E-state index in [1.165, 1.54) is 0 Å². The highest BCUT2D eigenvalue weighted by Crippen LogP contribution is 2.19. The molecule has 0 aliphatic rings. The first-order valence-electron chi connectivity index (χ1n) is 3.56. The number of benzene rings is 1. The average Bonchev–Trinajstić information content (AvgIpc) is 2.04. The molecule has 0 spiro atoms. The smallest absolute Gasteiger partial charge is 0.228 e. The molecule has 0 bridgehead atoms. The lowest BCUT2D eigenvalue weighted by Gasteiger charge is -2.05. The van der Waals surface area contributed by atoms with Gasteiger partial charge in [-0.25, -0.2) is 0 Å². The van der Waals surface area contributed by atoms with Crippen LogP contribution < -0.4 is 0 Å². The molecule has 0 unspecified atom stereocenters. The molecule has 12 heavy (non-hydrogen) atoms. The summed E-state index contributed by atoms with van der Waals surface area (Å²) in [6, 6.07) is 7.08. The van der Waals surface area contributed by atoms with E-state index in [9.17, 15) is 4.79 Å². The number of halogens is 2. The summed E-state index contributed by atoms with van der Waals surface area (Å²) in [6.45, 7) is 1.76. The van der Waals surface area contributed by atoms with Gasteiger partial charge in [-0.15, -0.1) is 0 Å². The van der Waals surface area contributed by atoms with Gasteiger partial charge in [0.15, 0.2) is 0 Å². The maximum atomic E-state index is 10.8. The zero-order chi connectivity index (χ0) is 9.14. The topological polar surface area (TPSA) is 17.1 Å². The largest absolute Gasteiger partial charge is 0.281 e. The Balaban J connectivity index is 2.89. The van der Waals surface area contributed by atoms with E-state index in [0.29, 0.717) is 5.02 Å². The van der Waals surface area contributed by atoms with Crippen LogP contribution >= 0.6 is 23.2 Å². The molecule has 3 heteroatoms. The summed E-state index contributed by atoms with van der Waals surface area (Å²) in [5.74, 6) is -0.260.